The number of nitrogens with one attached hydrogen (secondary N) is 1. The molecule has 1 amide bonds. The molecule has 3 N–H and O–H groups in total. The lowest BCUT2D eigenvalue weighted by atomic mass is 10.1. The van der Waals surface area contributed by atoms with Crippen LogP contribution in [0.25, 0.3) is 17.1 Å². The van der Waals surface area contributed by atoms with Crippen molar-refractivity contribution in [3.05, 3.63) is 73.9 Å². The summed E-state index contributed by atoms with van der Waals surface area (Å²) in [6.07, 6.45) is 1.33. The van der Waals surface area contributed by atoms with E-state index in [4.69, 9.17) is 28.9 Å². The molecular formula is C18H11Cl2N9O4. The number of anilines is 1. The second-order valence-electron chi connectivity index (χ2n) is 6.34. The van der Waals surface area contributed by atoms with Gasteiger partial charge in [0.05, 0.1) is 16.2 Å². The fourth-order valence-corrected chi connectivity index (χ4v) is 3.20. The molecule has 2 aromatic carbocycles. The Morgan fingerprint density at radius 2 is 1.97 bits per heavy atom. The maximum Gasteiger partial charge on any atom is 0.294 e. The second kappa shape index (κ2) is 9.02. The normalized spacial score (nSPS) is 11.1. The Morgan fingerprint density at radius 1 is 1.21 bits per heavy atom. The first kappa shape index (κ1) is 21.9. The molecule has 0 radical (unpaired) electrons. The minimum absolute atomic E-state index is 0.0219. The van der Waals surface area contributed by atoms with Gasteiger partial charge in [0.2, 0.25) is 11.6 Å². The number of carbonyl (C=O) groups is 1. The number of aromatic nitrogens is 5. The number of nitrogen functional groups attached to an aromatic ring is 1. The fraction of sp³-hybridized carbons (Fsp3) is 0. The van der Waals surface area contributed by atoms with Crippen molar-refractivity contribution >= 4 is 46.8 Å². The molecule has 0 unspecified atom stereocenters. The highest BCUT2D eigenvalue weighted by atomic mass is 35.5. The number of rotatable bonds is 6. The van der Waals surface area contributed by atoms with Crippen molar-refractivity contribution < 1.29 is 14.3 Å². The van der Waals surface area contributed by atoms with Crippen molar-refractivity contribution in [1.29, 1.82) is 0 Å². The van der Waals surface area contributed by atoms with Crippen LogP contribution in [-0.4, -0.2) is 42.4 Å². The van der Waals surface area contributed by atoms with Crippen LogP contribution in [0.5, 0.6) is 0 Å². The lowest BCUT2D eigenvalue weighted by molar-refractivity contribution is -0.384. The van der Waals surface area contributed by atoms with E-state index in [9.17, 15) is 14.9 Å². The Balaban J connectivity index is 1.69. The molecule has 0 saturated heterocycles. The molecule has 2 aromatic heterocycles. The first-order valence-corrected chi connectivity index (χ1v) is 9.68. The zero-order valence-electron chi connectivity index (χ0n) is 16.2. The van der Waals surface area contributed by atoms with Gasteiger partial charge in [-0.25, -0.2) is 10.1 Å². The van der Waals surface area contributed by atoms with Crippen LogP contribution in [0.15, 0.2) is 52.2 Å². The number of nitrogens with zero attached hydrogens (tertiary/aromatic N) is 7. The number of nitrogens with two attached hydrogens (primary N) is 1. The lowest BCUT2D eigenvalue weighted by Gasteiger charge is -2.05. The van der Waals surface area contributed by atoms with Gasteiger partial charge >= 0.3 is 0 Å². The van der Waals surface area contributed by atoms with Crippen molar-refractivity contribution in [3.63, 3.8) is 0 Å². The average molecular weight is 488 g/mol. The van der Waals surface area contributed by atoms with Gasteiger partial charge < -0.3 is 5.73 Å². The summed E-state index contributed by atoms with van der Waals surface area (Å²) in [7, 11) is 0. The van der Waals surface area contributed by atoms with Gasteiger partial charge in [0.15, 0.2) is 5.69 Å². The largest absolute Gasteiger partial charge is 0.378 e. The van der Waals surface area contributed by atoms with E-state index in [-0.39, 0.29) is 28.7 Å². The number of hydrogen-bond donors (Lipinski definition) is 2. The average Bonchev–Trinajstić information content (AvgIpc) is 3.41. The van der Waals surface area contributed by atoms with Gasteiger partial charge in [-0.05, 0) is 34.6 Å². The Hall–Kier alpha value is -4.36. The summed E-state index contributed by atoms with van der Waals surface area (Å²) in [6, 6.07) is 10.1. The van der Waals surface area contributed by atoms with Crippen molar-refractivity contribution in [2.45, 2.75) is 0 Å². The summed E-state index contributed by atoms with van der Waals surface area (Å²) in [4.78, 5) is 23.2. The molecule has 0 bridgehead atoms. The van der Waals surface area contributed by atoms with Crippen molar-refractivity contribution in [3.8, 4) is 17.1 Å². The molecule has 4 rings (SSSR count). The molecule has 0 aliphatic carbocycles. The molecule has 2 heterocycles. The van der Waals surface area contributed by atoms with Gasteiger partial charge in [-0.15, -0.1) is 5.10 Å². The first-order chi connectivity index (χ1) is 15.8. The Morgan fingerprint density at radius 3 is 2.61 bits per heavy atom. The summed E-state index contributed by atoms with van der Waals surface area (Å²) < 4.78 is 5.72. The van der Waals surface area contributed by atoms with Crippen LogP contribution in [0.4, 0.5) is 11.5 Å². The number of halogens is 2. The molecular weight excluding hydrogens is 477 g/mol. The Kier molecular flexibility index (Phi) is 5.97. The van der Waals surface area contributed by atoms with Gasteiger partial charge in [-0.2, -0.15) is 9.78 Å². The second-order valence-corrected chi connectivity index (χ2v) is 7.18. The van der Waals surface area contributed by atoms with E-state index in [1.54, 1.807) is 12.1 Å². The maximum absolute atomic E-state index is 12.8. The van der Waals surface area contributed by atoms with Crippen LogP contribution in [0.2, 0.25) is 10.0 Å². The van der Waals surface area contributed by atoms with E-state index in [2.05, 4.69) is 35.8 Å². The third-order valence-corrected chi connectivity index (χ3v) is 4.83. The van der Waals surface area contributed by atoms with Gasteiger partial charge in [0, 0.05) is 28.3 Å². The van der Waals surface area contributed by atoms with Crippen LogP contribution < -0.4 is 11.2 Å². The minimum Gasteiger partial charge on any atom is -0.378 e. The number of nitro groups is 1. The SMILES string of the molecule is Nc1nonc1-n1nnc(C(=O)N/N=C\c2ccc(Cl)cc2Cl)c1-c1ccc([N+](=O)[O-])cc1. The van der Waals surface area contributed by atoms with E-state index < -0.39 is 10.8 Å². The van der Waals surface area contributed by atoms with Crippen LogP contribution >= 0.6 is 23.2 Å². The summed E-state index contributed by atoms with van der Waals surface area (Å²) in [5, 5.41) is 30.6. The fourth-order valence-electron chi connectivity index (χ4n) is 2.74. The smallest absolute Gasteiger partial charge is 0.294 e. The molecule has 0 saturated carbocycles. The number of hydrazone groups is 1. The van der Waals surface area contributed by atoms with Gasteiger partial charge in [0.1, 0.15) is 5.69 Å². The Labute approximate surface area is 193 Å². The highest BCUT2D eigenvalue weighted by Crippen LogP contribution is 2.28. The zero-order chi connectivity index (χ0) is 23.5. The predicted octanol–water partition coefficient (Wildman–Crippen LogP) is 2.88. The minimum atomic E-state index is -0.731. The van der Waals surface area contributed by atoms with Crippen LogP contribution in [0.3, 0.4) is 0 Å². The number of nitro benzene ring substituents is 1. The number of benzene rings is 2. The standard InChI is InChI=1S/C18H11Cl2N9O4/c19-11-4-1-10(13(20)7-11)8-22-24-18(30)14-15(9-2-5-12(6-3-9)29(31)32)28(27-23-14)17-16(21)25-33-26-17/h1-8H,(H2,21,25)(H,24,30)/b22-8-. The quantitative estimate of drug-likeness (QED) is 0.234. The van der Waals surface area contributed by atoms with E-state index in [1.807, 2.05) is 0 Å². The van der Waals surface area contributed by atoms with Gasteiger partial charge in [-0.3, -0.25) is 14.9 Å². The summed E-state index contributed by atoms with van der Waals surface area (Å²) >= 11 is 11.9. The van der Waals surface area contributed by atoms with E-state index in [1.165, 1.54) is 36.5 Å². The molecule has 0 aliphatic rings. The summed E-state index contributed by atoms with van der Waals surface area (Å²) in [5.74, 6) is -0.859. The molecule has 0 aliphatic heterocycles. The zero-order valence-corrected chi connectivity index (χ0v) is 17.7. The van der Waals surface area contributed by atoms with Crippen LogP contribution in [0.1, 0.15) is 16.1 Å². The van der Waals surface area contributed by atoms with E-state index >= 15 is 0 Å². The van der Waals surface area contributed by atoms with Gasteiger partial charge in [0.25, 0.3) is 11.6 Å². The molecule has 15 heteroatoms. The summed E-state index contributed by atoms with van der Waals surface area (Å²) in [6.45, 7) is 0. The number of carbonyl (C=O) groups excluding carboxylic acids is 1. The molecule has 33 heavy (non-hydrogen) atoms. The summed E-state index contributed by atoms with van der Waals surface area (Å²) in [5.41, 5.74) is 8.78. The topological polar surface area (TPSA) is 180 Å². The van der Waals surface area contributed by atoms with E-state index in [0.717, 1.165) is 4.68 Å². The molecule has 13 nitrogen and oxygen atoms in total. The van der Waals surface area contributed by atoms with Crippen molar-refractivity contribution in [2.24, 2.45) is 5.10 Å². The lowest BCUT2D eigenvalue weighted by Crippen LogP contribution is -2.19. The number of non-ortho nitro benzene ring substituents is 1. The molecule has 4 aromatic rings. The molecule has 0 spiro atoms. The third-order valence-electron chi connectivity index (χ3n) is 4.27. The van der Waals surface area contributed by atoms with Crippen LogP contribution in [0, 0.1) is 10.1 Å². The molecule has 0 fully saturated rings. The van der Waals surface area contributed by atoms with Crippen LogP contribution in [-0.2, 0) is 0 Å². The van der Waals surface area contributed by atoms with E-state index in [0.29, 0.717) is 21.2 Å². The molecule has 0 atom stereocenters. The number of amides is 1. The number of hydrogen-bond acceptors (Lipinski definition) is 10. The third kappa shape index (κ3) is 4.49. The van der Waals surface area contributed by atoms with Crippen molar-refractivity contribution in [1.82, 2.24) is 30.7 Å². The maximum atomic E-state index is 12.8. The predicted molar refractivity (Wildman–Crippen MR) is 117 cm³/mol. The molecule has 166 valence electrons. The van der Waals surface area contributed by atoms with Crippen molar-refractivity contribution in [2.75, 3.05) is 5.73 Å². The highest BCUT2D eigenvalue weighted by molar-refractivity contribution is 6.36. The van der Waals surface area contributed by atoms with Gasteiger partial charge in [-0.1, -0.05) is 34.5 Å². The monoisotopic (exact) mass is 487 g/mol. The first-order valence-electron chi connectivity index (χ1n) is 8.92. The Bertz CT molecular complexity index is 1380. The highest BCUT2D eigenvalue weighted by Gasteiger charge is 2.25.